The van der Waals surface area contributed by atoms with E-state index in [0.717, 1.165) is 70.6 Å². The number of esters is 2. The lowest BCUT2D eigenvalue weighted by molar-refractivity contribution is -0.870. The molecule has 0 aromatic heterocycles. The fourth-order valence-corrected chi connectivity index (χ4v) is 10.5. The molecule has 0 rings (SSSR count). The molecule has 0 aliphatic carbocycles. The van der Waals surface area contributed by atoms with Gasteiger partial charge in [0, 0.05) is 12.8 Å². The molecule has 1 N–H and O–H groups in total. The van der Waals surface area contributed by atoms with Crippen molar-refractivity contribution < 1.29 is 42.9 Å². The monoisotopic (exact) mass is 1190 g/mol. The number of carboxylic acids is 1. The fraction of sp³-hybridized carbons (Fsp3) is 0.803. The van der Waals surface area contributed by atoms with E-state index in [9.17, 15) is 19.5 Å². The highest BCUT2D eigenvalue weighted by Crippen LogP contribution is 2.18. The van der Waals surface area contributed by atoms with Crippen LogP contribution >= 0.6 is 0 Å². The van der Waals surface area contributed by atoms with Gasteiger partial charge in [0.1, 0.15) is 13.2 Å². The lowest BCUT2D eigenvalue weighted by Gasteiger charge is -2.25. The predicted molar refractivity (Wildman–Crippen MR) is 364 cm³/mol. The van der Waals surface area contributed by atoms with Crippen molar-refractivity contribution >= 4 is 17.9 Å². The number of carbonyl (C=O) groups is 3. The van der Waals surface area contributed by atoms with Crippen molar-refractivity contribution in [3.05, 3.63) is 72.9 Å². The first-order chi connectivity index (χ1) is 41.6. The van der Waals surface area contributed by atoms with Gasteiger partial charge in [0.25, 0.3) is 6.29 Å². The summed E-state index contributed by atoms with van der Waals surface area (Å²) in [4.78, 5) is 37.6. The molecule has 9 nitrogen and oxygen atoms in total. The summed E-state index contributed by atoms with van der Waals surface area (Å²) in [5.41, 5.74) is 0. The van der Waals surface area contributed by atoms with Gasteiger partial charge in [-0.05, 0) is 83.5 Å². The van der Waals surface area contributed by atoms with Gasteiger partial charge in [-0.15, -0.1) is 0 Å². The van der Waals surface area contributed by atoms with Crippen molar-refractivity contribution in [3.8, 4) is 0 Å². The van der Waals surface area contributed by atoms with E-state index >= 15 is 0 Å². The molecule has 0 bridgehead atoms. The average molecular weight is 1190 g/mol. The number of hydrogen-bond acceptors (Lipinski definition) is 7. The lowest BCUT2D eigenvalue weighted by Crippen LogP contribution is -2.40. The molecule has 0 saturated heterocycles. The number of likely N-dealkylation sites (N-methyl/N-ethyl adjacent to an activating group) is 1. The second kappa shape index (κ2) is 66.7. The van der Waals surface area contributed by atoms with Crippen LogP contribution in [0.1, 0.15) is 335 Å². The number of ether oxygens (including phenoxy) is 4. The molecule has 0 heterocycles. The Balaban J connectivity index is 3.99. The number of unbranched alkanes of at least 4 members (excludes halogenated alkanes) is 40. The summed E-state index contributed by atoms with van der Waals surface area (Å²) in [5.74, 6) is -1.99. The maximum atomic E-state index is 12.9. The van der Waals surface area contributed by atoms with Gasteiger partial charge < -0.3 is 28.5 Å². The summed E-state index contributed by atoms with van der Waals surface area (Å²) in [6.07, 6.45) is 86.0. The van der Waals surface area contributed by atoms with Crippen LogP contribution in [0.15, 0.2) is 72.9 Å². The van der Waals surface area contributed by atoms with Gasteiger partial charge in [-0.2, -0.15) is 0 Å². The topological polar surface area (TPSA) is 108 Å². The van der Waals surface area contributed by atoms with E-state index < -0.39 is 18.4 Å². The molecule has 0 aromatic carbocycles. The Morgan fingerprint density at radius 2 is 0.671 bits per heavy atom. The third-order valence-corrected chi connectivity index (χ3v) is 15.9. The van der Waals surface area contributed by atoms with Gasteiger partial charge in [-0.3, -0.25) is 9.59 Å². The summed E-state index contributed by atoms with van der Waals surface area (Å²) in [5, 5.41) is 9.74. The summed E-state index contributed by atoms with van der Waals surface area (Å²) in [6, 6.07) is 0. The minimum absolute atomic E-state index is 0.182. The van der Waals surface area contributed by atoms with Gasteiger partial charge in [0.2, 0.25) is 0 Å². The molecular formula is C76H138NO8+. The number of nitrogens with zero attached hydrogens (tertiary/aromatic N) is 1. The van der Waals surface area contributed by atoms with Crippen LogP contribution in [0.5, 0.6) is 0 Å². The Labute approximate surface area is 526 Å². The molecular weight excluding hydrogens is 1050 g/mol. The van der Waals surface area contributed by atoms with Crippen LogP contribution in [-0.4, -0.2) is 87.4 Å². The molecule has 0 aliphatic rings. The van der Waals surface area contributed by atoms with Crippen LogP contribution < -0.4 is 0 Å². The smallest absolute Gasteiger partial charge is 0.361 e. The highest BCUT2D eigenvalue weighted by molar-refractivity contribution is 5.71. The SMILES string of the molecule is CC/C=C\C/C=C\C/C=C\C/C=C\CCCCCCCCCCCCCCCCCCCCCCCCCCCCC(=O)OC(COC(=O)CCCCCCCCCCC/C=C\C/C=C\CCCCCCC)COC(OCC[N+](C)(C)C)C(=O)O. The molecule has 0 saturated carbocycles. The van der Waals surface area contributed by atoms with Crippen molar-refractivity contribution in [2.45, 2.75) is 347 Å². The number of rotatable bonds is 67. The van der Waals surface area contributed by atoms with E-state index in [4.69, 9.17) is 18.9 Å². The van der Waals surface area contributed by atoms with E-state index in [0.29, 0.717) is 17.4 Å². The van der Waals surface area contributed by atoms with Crippen LogP contribution in [0.25, 0.3) is 0 Å². The van der Waals surface area contributed by atoms with E-state index in [-0.39, 0.29) is 38.2 Å². The van der Waals surface area contributed by atoms with E-state index in [1.165, 1.54) is 238 Å². The number of aliphatic carboxylic acids is 1. The molecule has 0 fully saturated rings. The largest absolute Gasteiger partial charge is 0.477 e. The quantitative estimate of drug-likeness (QED) is 0.0211. The first kappa shape index (κ1) is 81.7. The van der Waals surface area contributed by atoms with Gasteiger partial charge in [0.15, 0.2) is 6.10 Å². The summed E-state index contributed by atoms with van der Waals surface area (Å²) >= 11 is 0. The van der Waals surface area contributed by atoms with Crippen LogP contribution in [0.3, 0.4) is 0 Å². The first-order valence-electron chi connectivity index (χ1n) is 36.1. The lowest BCUT2D eigenvalue weighted by atomic mass is 10.0. The second-order valence-electron chi connectivity index (χ2n) is 25.5. The Bertz CT molecular complexity index is 1620. The van der Waals surface area contributed by atoms with E-state index in [2.05, 4.69) is 86.8 Å². The fourth-order valence-electron chi connectivity index (χ4n) is 10.5. The zero-order chi connectivity index (χ0) is 61.9. The first-order valence-corrected chi connectivity index (χ1v) is 36.1. The van der Waals surface area contributed by atoms with E-state index in [1.807, 2.05) is 21.1 Å². The molecule has 0 aromatic rings. The third-order valence-electron chi connectivity index (χ3n) is 15.9. The minimum Gasteiger partial charge on any atom is -0.477 e. The summed E-state index contributed by atoms with van der Waals surface area (Å²) in [6.45, 7) is 4.79. The predicted octanol–water partition coefficient (Wildman–Crippen LogP) is 22.5. The average Bonchev–Trinajstić information content (AvgIpc) is 3.49. The van der Waals surface area contributed by atoms with Gasteiger partial charge in [0.05, 0.1) is 34.4 Å². The van der Waals surface area contributed by atoms with Crippen molar-refractivity contribution in [2.24, 2.45) is 0 Å². The maximum absolute atomic E-state index is 12.9. The maximum Gasteiger partial charge on any atom is 0.361 e. The summed E-state index contributed by atoms with van der Waals surface area (Å²) in [7, 11) is 5.98. The molecule has 2 unspecified atom stereocenters. The van der Waals surface area contributed by atoms with Gasteiger partial charge >= 0.3 is 17.9 Å². The summed E-state index contributed by atoms with van der Waals surface area (Å²) < 4.78 is 23.0. The number of allylic oxidation sites excluding steroid dienone is 12. The minimum atomic E-state index is -1.51. The van der Waals surface area contributed by atoms with Gasteiger partial charge in [-0.25, -0.2) is 4.79 Å². The van der Waals surface area contributed by atoms with Gasteiger partial charge in [-0.1, -0.05) is 311 Å². The zero-order valence-corrected chi connectivity index (χ0v) is 56.5. The molecule has 0 spiro atoms. The molecule has 494 valence electrons. The number of hydrogen-bond donors (Lipinski definition) is 1. The standard InChI is InChI=1S/C76H137NO8/c1-6-8-10-12-14-16-18-20-22-24-26-28-29-30-31-32-33-34-35-36-37-38-39-40-41-42-43-44-45-47-49-51-53-55-57-59-61-63-65-67-74(79)85-72(71-84-76(75(80)81)82-69-68-77(3,4)5)70-83-73(78)66-64-62-60-58-56-54-52-50-48-46-27-25-23-21-19-17-15-13-11-9-7-2/h8,10,14,16,19-22,25-28,72,76H,6-7,9,11-13,15,17-18,23-24,29-71H2,1-5H3/p+1/b10-8-,16-14-,21-19-,22-20-,27-25-,28-26-. The molecule has 0 amide bonds. The van der Waals surface area contributed by atoms with E-state index in [1.54, 1.807) is 0 Å². The van der Waals surface area contributed by atoms with Crippen molar-refractivity contribution in [2.75, 3.05) is 47.5 Å². The molecule has 0 radical (unpaired) electrons. The highest BCUT2D eigenvalue weighted by Gasteiger charge is 2.25. The Morgan fingerprint density at radius 3 is 1.00 bits per heavy atom. The third kappa shape index (κ3) is 68.1. The van der Waals surface area contributed by atoms with Crippen LogP contribution in [-0.2, 0) is 33.3 Å². The molecule has 9 heteroatoms. The van der Waals surface area contributed by atoms with Crippen molar-refractivity contribution in [1.82, 2.24) is 0 Å². The normalized spacial score (nSPS) is 13.1. The van der Waals surface area contributed by atoms with Crippen LogP contribution in [0.4, 0.5) is 0 Å². The second-order valence-corrected chi connectivity index (χ2v) is 25.5. The Morgan fingerprint density at radius 1 is 0.365 bits per heavy atom. The highest BCUT2D eigenvalue weighted by atomic mass is 16.7. The Kier molecular flexibility index (Phi) is 64.1. The van der Waals surface area contributed by atoms with Crippen molar-refractivity contribution in [3.63, 3.8) is 0 Å². The molecule has 85 heavy (non-hydrogen) atoms. The van der Waals surface area contributed by atoms with Crippen molar-refractivity contribution in [1.29, 1.82) is 0 Å². The Hall–Kier alpha value is -3.27. The van der Waals surface area contributed by atoms with Crippen LogP contribution in [0, 0.1) is 0 Å². The zero-order valence-electron chi connectivity index (χ0n) is 56.5. The number of carboxylic acid groups (broad SMARTS) is 1. The number of quaternary nitrogens is 1. The molecule has 2 atom stereocenters. The molecule has 0 aliphatic heterocycles. The number of carbonyl (C=O) groups excluding carboxylic acids is 2. The van der Waals surface area contributed by atoms with Crippen LogP contribution in [0.2, 0.25) is 0 Å².